The van der Waals surface area contributed by atoms with Crippen molar-refractivity contribution < 1.29 is 13.5 Å². The summed E-state index contributed by atoms with van der Waals surface area (Å²) in [7, 11) is 0. The van der Waals surface area contributed by atoms with Gasteiger partial charge in [-0.15, -0.1) is 0 Å². The zero-order valence-electron chi connectivity index (χ0n) is 7.95. The van der Waals surface area contributed by atoms with Gasteiger partial charge in [-0.1, -0.05) is 0 Å². The van der Waals surface area contributed by atoms with E-state index in [0.717, 1.165) is 6.07 Å². The number of ether oxygens (including phenoxy) is 1. The number of benzene rings is 1. The minimum Gasteiger partial charge on any atom is -0.435 e. The third-order valence-corrected chi connectivity index (χ3v) is 2.48. The predicted molar refractivity (Wildman–Crippen MR) is 58.4 cm³/mol. The lowest BCUT2D eigenvalue weighted by atomic mass is 10.3. The maximum absolute atomic E-state index is 13.2. The molecule has 16 heavy (non-hydrogen) atoms. The number of halogens is 3. The number of nitrogens with zero attached hydrogens (tertiary/aromatic N) is 1. The summed E-state index contributed by atoms with van der Waals surface area (Å²) in [5.74, 6) is -1.07. The molecular formula is C11H6BrF2NO. The van der Waals surface area contributed by atoms with Crippen molar-refractivity contribution in [3.05, 3.63) is 52.6 Å². The van der Waals surface area contributed by atoms with Gasteiger partial charge in [-0.3, -0.25) is 0 Å². The molecule has 0 aliphatic carbocycles. The average molecular weight is 286 g/mol. The molecule has 0 aliphatic rings. The van der Waals surface area contributed by atoms with E-state index in [-0.39, 0.29) is 11.6 Å². The van der Waals surface area contributed by atoms with E-state index in [0.29, 0.717) is 4.47 Å². The smallest absolute Gasteiger partial charge is 0.255 e. The fourth-order valence-corrected chi connectivity index (χ4v) is 1.43. The van der Waals surface area contributed by atoms with E-state index in [2.05, 4.69) is 20.9 Å². The molecule has 1 aromatic heterocycles. The number of hydrogen-bond acceptors (Lipinski definition) is 2. The Balaban J connectivity index is 2.34. The van der Waals surface area contributed by atoms with E-state index in [4.69, 9.17) is 4.74 Å². The second-order valence-electron chi connectivity index (χ2n) is 2.97. The molecule has 0 saturated carbocycles. The standard InChI is InChI=1S/C11H6BrF2NO/c12-8-4-3-7(13)6-10(8)16-11-9(14)2-1-5-15-11/h1-6H. The first-order chi connectivity index (χ1) is 7.66. The Labute approximate surface area is 99.0 Å². The highest BCUT2D eigenvalue weighted by molar-refractivity contribution is 9.10. The van der Waals surface area contributed by atoms with Gasteiger partial charge in [0.15, 0.2) is 5.82 Å². The van der Waals surface area contributed by atoms with Crippen molar-refractivity contribution in [2.45, 2.75) is 0 Å². The number of rotatable bonds is 2. The average Bonchev–Trinajstić information content (AvgIpc) is 2.27. The SMILES string of the molecule is Fc1ccc(Br)c(Oc2ncccc2F)c1. The second kappa shape index (κ2) is 4.57. The van der Waals surface area contributed by atoms with Gasteiger partial charge in [0.2, 0.25) is 0 Å². The molecular weight excluding hydrogens is 280 g/mol. The van der Waals surface area contributed by atoms with Gasteiger partial charge in [-0.05, 0) is 40.2 Å². The second-order valence-corrected chi connectivity index (χ2v) is 3.82. The van der Waals surface area contributed by atoms with Crippen LogP contribution < -0.4 is 4.74 Å². The highest BCUT2D eigenvalue weighted by Gasteiger charge is 2.08. The molecule has 0 aliphatic heterocycles. The zero-order chi connectivity index (χ0) is 11.5. The van der Waals surface area contributed by atoms with E-state index in [1.54, 1.807) is 0 Å². The monoisotopic (exact) mass is 285 g/mol. The van der Waals surface area contributed by atoms with Crippen molar-refractivity contribution in [2.24, 2.45) is 0 Å². The molecule has 0 saturated heterocycles. The van der Waals surface area contributed by atoms with Crippen LogP contribution in [0.4, 0.5) is 8.78 Å². The Bertz CT molecular complexity index is 519. The summed E-state index contributed by atoms with van der Waals surface area (Å²) in [4.78, 5) is 3.70. The van der Waals surface area contributed by atoms with Crippen LogP contribution in [0.5, 0.6) is 11.6 Å². The van der Waals surface area contributed by atoms with Crippen LogP contribution in [0, 0.1) is 11.6 Å². The highest BCUT2D eigenvalue weighted by Crippen LogP contribution is 2.30. The van der Waals surface area contributed by atoms with Gasteiger partial charge < -0.3 is 4.74 Å². The van der Waals surface area contributed by atoms with Crippen molar-refractivity contribution in [2.75, 3.05) is 0 Å². The summed E-state index contributed by atoms with van der Waals surface area (Å²) >= 11 is 3.17. The van der Waals surface area contributed by atoms with Crippen molar-refractivity contribution in [1.29, 1.82) is 0 Å². The maximum atomic E-state index is 13.2. The van der Waals surface area contributed by atoms with E-state index in [1.165, 1.54) is 30.5 Å². The van der Waals surface area contributed by atoms with Gasteiger partial charge in [0, 0.05) is 12.3 Å². The Morgan fingerprint density at radius 1 is 1.19 bits per heavy atom. The Morgan fingerprint density at radius 2 is 2.00 bits per heavy atom. The van der Waals surface area contributed by atoms with Crippen LogP contribution in [0.25, 0.3) is 0 Å². The van der Waals surface area contributed by atoms with Crippen LogP contribution in [0.1, 0.15) is 0 Å². The van der Waals surface area contributed by atoms with E-state index < -0.39 is 11.6 Å². The molecule has 2 rings (SSSR count). The van der Waals surface area contributed by atoms with Crippen LogP contribution in [0.15, 0.2) is 41.0 Å². The van der Waals surface area contributed by atoms with E-state index >= 15 is 0 Å². The first-order valence-electron chi connectivity index (χ1n) is 4.40. The molecule has 0 atom stereocenters. The minimum absolute atomic E-state index is 0.178. The summed E-state index contributed by atoms with van der Waals surface area (Å²) in [6.45, 7) is 0. The Morgan fingerprint density at radius 3 is 2.75 bits per heavy atom. The van der Waals surface area contributed by atoms with Crippen molar-refractivity contribution in [3.63, 3.8) is 0 Å². The molecule has 0 unspecified atom stereocenters. The molecule has 0 amide bonds. The normalized spacial score (nSPS) is 10.2. The quantitative estimate of drug-likeness (QED) is 0.835. The summed E-state index contributed by atoms with van der Waals surface area (Å²) < 4.78 is 31.8. The topological polar surface area (TPSA) is 22.1 Å². The predicted octanol–water partition coefficient (Wildman–Crippen LogP) is 3.91. The zero-order valence-corrected chi connectivity index (χ0v) is 9.54. The minimum atomic E-state index is -0.598. The van der Waals surface area contributed by atoms with E-state index in [9.17, 15) is 8.78 Å². The Kier molecular flexibility index (Phi) is 3.14. The number of hydrogen-bond donors (Lipinski definition) is 0. The third kappa shape index (κ3) is 2.36. The van der Waals surface area contributed by atoms with E-state index in [1.807, 2.05) is 0 Å². The fraction of sp³-hybridized carbons (Fsp3) is 0. The van der Waals surface area contributed by atoms with Crippen LogP contribution in [-0.4, -0.2) is 4.98 Å². The molecule has 0 bridgehead atoms. The van der Waals surface area contributed by atoms with Crippen LogP contribution >= 0.6 is 15.9 Å². The number of pyridine rings is 1. The Hall–Kier alpha value is -1.49. The molecule has 0 N–H and O–H groups in total. The maximum Gasteiger partial charge on any atom is 0.255 e. The third-order valence-electron chi connectivity index (χ3n) is 1.82. The molecule has 2 nitrogen and oxygen atoms in total. The molecule has 82 valence electrons. The van der Waals surface area contributed by atoms with Crippen molar-refractivity contribution in [3.8, 4) is 11.6 Å². The van der Waals surface area contributed by atoms with Gasteiger partial charge in [-0.25, -0.2) is 13.8 Å². The lowest BCUT2D eigenvalue weighted by Gasteiger charge is -2.06. The van der Waals surface area contributed by atoms with Crippen molar-refractivity contribution in [1.82, 2.24) is 4.98 Å². The van der Waals surface area contributed by atoms with Crippen molar-refractivity contribution >= 4 is 15.9 Å². The largest absolute Gasteiger partial charge is 0.435 e. The summed E-state index contributed by atoms with van der Waals surface area (Å²) in [6.07, 6.45) is 1.39. The fourth-order valence-electron chi connectivity index (χ4n) is 1.11. The first-order valence-corrected chi connectivity index (χ1v) is 5.19. The van der Waals surface area contributed by atoms with Gasteiger partial charge >= 0.3 is 0 Å². The lowest BCUT2D eigenvalue weighted by molar-refractivity contribution is 0.417. The number of aromatic nitrogens is 1. The van der Waals surface area contributed by atoms with Crippen LogP contribution in [0.3, 0.4) is 0 Å². The molecule has 1 heterocycles. The van der Waals surface area contributed by atoms with Gasteiger partial charge in [0.25, 0.3) is 5.88 Å². The molecule has 0 fully saturated rings. The summed E-state index contributed by atoms with van der Waals surface area (Å²) in [5, 5.41) is 0. The molecule has 5 heteroatoms. The first kappa shape index (κ1) is 11.0. The summed E-state index contributed by atoms with van der Waals surface area (Å²) in [6, 6.07) is 6.56. The lowest BCUT2D eigenvalue weighted by Crippen LogP contribution is -1.92. The van der Waals surface area contributed by atoms with Gasteiger partial charge in [0.1, 0.15) is 11.6 Å². The molecule has 1 aromatic carbocycles. The summed E-state index contributed by atoms with van der Waals surface area (Å²) in [5.41, 5.74) is 0. The van der Waals surface area contributed by atoms with Crippen LogP contribution in [-0.2, 0) is 0 Å². The molecule has 0 spiro atoms. The van der Waals surface area contributed by atoms with Gasteiger partial charge in [-0.2, -0.15) is 0 Å². The molecule has 0 radical (unpaired) electrons. The highest BCUT2D eigenvalue weighted by atomic mass is 79.9. The van der Waals surface area contributed by atoms with Gasteiger partial charge in [0.05, 0.1) is 4.47 Å². The van der Waals surface area contributed by atoms with Crippen LogP contribution in [0.2, 0.25) is 0 Å². The molecule has 2 aromatic rings.